The molecule has 0 bridgehead atoms. The zero-order chi connectivity index (χ0) is 21.3. The molecule has 0 spiro atoms. The first kappa shape index (κ1) is 19.6. The maximum atomic E-state index is 12.4. The van der Waals surface area contributed by atoms with Gasteiger partial charge in [-0.05, 0) is 24.3 Å². The number of nitrogens with zero attached hydrogens (tertiary/aromatic N) is 4. The van der Waals surface area contributed by atoms with E-state index < -0.39 is 11.5 Å². The summed E-state index contributed by atoms with van der Waals surface area (Å²) >= 11 is 0. The number of amides is 1. The van der Waals surface area contributed by atoms with Gasteiger partial charge in [-0.3, -0.25) is 4.79 Å². The van der Waals surface area contributed by atoms with Gasteiger partial charge in [-0.1, -0.05) is 30.0 Å². The van der Waals surface area contributed by atoms with Crippen molar-refractivity contribution in [2.24, 2.45) is 0 Å². The molecule has 2 radical (unpaired) electrons. The zero-order valence-corrected chi connectivity index (χ0v) is 16.2. The molecule has 0 saturated carbocycles. The second-order valence-corrected chi connectivity index (χ2v) is 7.01. The lowest BCUT2D eigenvalue weighted by Crippen LogP contribution is -2.38. The van der Waals surface area contributed by atoms with E-state index in [1.165, 1.54) is 4.90 Å². The number of anilines is 1. The Kier molecular flexibility index (Phi) is 4.98. The lowest BCUT2D eigenvalue weighted by Gasteiger charge is -2.16. The molecule has 1 fully saturated rings. The molecule has 1 aliphatic rings. The van der Waals surface area contributed by atoms with Crippen LogP contribution in [0.15, 0.2) is 49.1 Å². The van der Waals surface area contributed by atoms with Crippen LogP contribution in [0.4, 0.5) is 5.82 Å². The molecule has 146 valence electrons. The fraction of sp³-hybridized carbons (Fsp3) is 0.182. The molecule has 1 saturated heterocycles. The topological polar surface area (TPSA) is 105 Å². The molecule has 8 heteroatoms. The SMILES string of the molecule is [B]c1nc(N)c2nc(-c3cccc(C#CC4(O)CCN(CC=C)C4=O)c3)ccc2n1. The Morgan fingerprint density at radius 2 is 2.13 bits per heavy atom. The van der Waals surface area contributed by atoms with E-state index in [-0.39, 0.29) is 18.0 Å². The van der Waals surface area contributed by atoms with Gasteiger partial charge in [0.15, 0.2) is 13.7 Å². The van der Waals surface area contributed by atoms with Crippen LogP contribution < -0.4 is 11.5 Å². The molecule has 2 aromatic heterocycles. The van der Waals surface area contributed by atoms with Crippen LogP contribution >= 0.6 is 0 Å². The van der Waals surface area contributed by atoms with Gasteiger partial charge in [0.25, 0.3) is 5.91 Å². The summed E-state index contributed by atoms with van der Waals surface area (Å²) in [5.74, 6) is 5.48. The highest BCUT2D eigenvalue weighted by atomic mass is 16.3. The van der Waals surface area contributed by atoms with E-state index in [9.17, 15) is 9.90 Å². The van der Waals surface area contributed by atoms with Crippen LogP contribution in [0, 0.1) is 11.8 Å². The highest BCUT2D eigenvalue weighted by Gasteiger charge is 2.43. The molecular weight excluding hydrogens is 377 g/mol. The number of nitrogen functional groups attached to an aromatic ring is 1. The Labute approximate surface area is 175 Å². The van der Waals surface area contributed by atoms with Gasteiger partial charge in [0.2, 0.25) is 5.60 Å². The van der Waals surface area contributed by atoms with Gasteiger partial charge in [0.05, 0.1) is 16.9 Å². The fourth-order valence-electron chi connectivity index (χ4n) is 3.36. The smallest absolute Gasteiger partial charge is 0.267 e. The normalized spacial score (nSPS) is 18.3. The largest absolute Gasteiger partial charge is 0.382 e. The van der Waals surface area contributed by atoms with Crippen LogP contribution in [-0.4, -0.2) is 57.4 Å². The molecule has 3 heterocycles. The average Bonchev–Trinajstić information content (AvgIpc) is 3.01. The maximum Gasteiger partial charge on any atom is 0.267 e. The molecule has 1 aromatic carbocycles. The van der Waals surface area contributed by atoms with E-state index in [1.54, 1.807) is 18.2 Å². The summed E-state index contributed by atoms with van der Waals surface area (Å²) in [6, 6.07) is 10.9. The van der Waals surface area contributed by atoms with Crippen molar-refractivity contribution in [2.45, 2.75) is 12.0 Å². The number of nitrogens with two attached hydrogens (primary N) is 1. The number of benzene rings is 1. The van der Waals surface area contributed by atoms with Crippen molar-refractivity contribution in [3.8, 4) is 23.1 Å². The van der Waals surface area contributed by atoms with Gasteiger partial charge in [0, 0.05) is 30.6 Å². The highest BCUT2D eigenvalue weighted by Crippen LogP contribution is 2.24. The Morgan fingerprint density at radius 1 is 1.30 bits per heavy atom. The first-order valence-corrected chi connectivity index (χ1v) is 9.35. The van der Waals surface area contributed by atoms with Gasteiger partial charge in [0.1, 0.15) is 5.52 Å². The van der Waals surface area contributed by atoms with Crippen LogP contribution in [0.25, 0.3) is 22.3 Å². The monoisotopic (exact) mass is 395 g/mol. The van der Waals surface area contributed by atoms with Crippen molar-refractivity contribution in [1.82, 2.24) is 19.9 Å². The van der Waals surface area contributed by atoms with E-state index >= 15 is 0 Å². The first-order chi connectivity index (χ1) is 14.4. The van der Waals surface area contributed by atoms with Gasteiger partial charge in [-0.15, -0.1) is 6.58 Å². The lowest BCUT2D eigenvalue weighted by molar-refractivity contribution is -0.138. The van der Waals surface area contributed by atoms with Gasteiger partial charge >= 0.3 is 0 Å². The minimum Gasteiger partial charge on any atom is -0.382 e. The first-order valence-electron chi connectivity index (χ1n) is 9.35. The number of aromatic nitrogens is 3. The molecular formula is C22H18BN5O2. The van der Waals surface area contributed by atoms with Crippen LogP contribution in [0.1, 0.15) is 12.0 Å². The summed E-state index contributed by atoms with van der Waals surface area (Å²) < 4.78 is 0. The predicted molar refractivity (Wildman–Crippen MR) is 116 cm³/mol. The number of fused-ring (bicyclic) bond motifs is 1. The number of aliphatic hydroxyl groups is 1. The second kappa shape index (κ2) is 7.62. The molecule has 0 aliphatic carbocycles. The summed E-state index contributed by atoms with van der Waals surface area (Å²) in [5.41, 5.74) is 7.49. The van der Waals surface area contributed by atoms with E-state index in [0.717, 1.165) is 5.56 Å². The molecule has 1 amide bonds. The number of likely N-dealkylation sites (tertiary alicyclic amines) is 1. The number of hydrogen-bond acceptors (Lipinski definition) is 6. The Hall–Kier alpha value is -3.70. The molecule has 1 unspecified atom stereocenters. The summed E-state index contributed by atoms with van der Waals surface area (Å²) in [6.07, 6.45) is 1.89. The van der Waals surface area contributed by atoms with Gasteiger partial charge < -0.3 is 15.7 Å². The third kappa shape index (κ3) is 3.63. The van der Waals surface area contributed by atoms with Crippen molar-refractivity contribution in [2.75, 3.05) is 18.8 Å². The Balaban J connectivity index is 1.65. The number of pyridine rings is 1. The highest BCUT2D eigenvalue weighted by molar-refractivity contribution is 6.29. The van der Waals surface area contributed by atoms with Crippen molar-refractivity contribution in [1.29, 1.82) is 0 Å². The molecule has 3 N–H and O–H groups in total. The van der Waals surface area contributed by atoms with Crippen molar-refractivity contribution in [3.63, 3.8) is 0 Å². The molecule has 4 rings (SSSR count). The molecule has 7 nitrogen and oxygen atoms in total. The minimum atomic E-state index is -1.67. The molecule has 30 heavy (non-hydrogen) atoms. The summed E-state index contributed by atoms with van der Waals surface area (Å²) in [7, 11) is 5.63. The van der Waals surface area contributed by atoms with Gasteiger partial charge in [-0.2, -0.15) is 0 Å². The maximum absolute atomic E-state index is 12.4. The van der Waals surface area contributed by atoms with Crippen molar-refractivity contribution < 1.29 is 9.90 Å². The van der Waals surface area contributed by atoms with E-state index in [0.29, 0.717) is 35.4 Å². The van der Waals surface area contributed by atoms with Gasteiger partial charge in [-0.25, -0.2) is 15.0 Å². The van der Waals surface area contributed by atoms with E-state index in [1.807, 2.05) is 24.3 Å². The van der Waals surface area contributed by atoms with Crippen molar-refractivity contribution >= 4 is 36.3 Å². The van der Waals surface area contributed by atoms with Crippen LogP contribution in [-0.2, 0) is 4.79 Å². The predicted octanol–water partition coefficient (Wildman–Crippen LogP) is 0.569. The molecule has 3 aromatic rings. The third-order valence-corrected chi connectivity index (χ3v) is 4.89. The summed E-state index contributed by atoms with van der Waals surface area (Å²) in [6.45, 7) is 4.47. The van der Waals surface area contributed by atoms with E-state index in [2.05, 4.69) is 33.4 Å². The zero-order valence-electron chi connectivity index (χ0n) is 16.2. The van der Waals surface area contributed by atoms with E-state index in [4.69, 9.17) is 13.6 Å². The van der Waals surface area contributed by atoms with Crippen LogP contribution in [0.3, 0.4) is 0 Å². The molecule has 1 atom stereocenters. The standard InChI is InChI=1S/C22H18BN5O2/c1-2-11-28-12-10-22(30,20(28)29)9-8-14-4-3-5-15(13-14)16-6-7-17-18(25-16)19(24)27-21(23)26-17/h2-7,13,30H,1,10-12H2,(H2,24,26,27). The second-order valence-electron chi connectivity index (χ2n) is 7.01. The third-order valence-electron chi connectivity index (χ3n) is 4.89. The average molecular weight is 395 g/mol. The Bertz CT molecular complexity index is 1230. The molecule has 1 aliphatic heterocycles. The number of hydrogen-bond donors (Lipinski definition) is 2. The minimum absolute atomic E-state index is 0.0953. The number of rotatable bonds is 3. The van der Waals surface area contributed by atoms with Crippen LogP contribution in [0.2, 0.25) is 0 Å². The fourth-order valence-corrected chi connectivity index (χ4v) is 3.36. The summed E-state index contributed by atoms with van der Waals surface area (Å²) in [5, 5.41) is 10.6. The Morgan fingerprint density at radius 3 is 2.93 bits per heavy atom. The summed E-state index contributed by atoms with van der Waals surface area (Å²) in [4.78, 5) is 26.6. The van der Waals surface area contributed by atoms with Crippen molar-refractivity contribution in [3.05, 3.63) is 54.6 Å². The quantitative estimate of drug-likeness (QED) is 0.382. The number of carbonyl (C=O) groups excluding carboxylic acids is 1. The lowest BCUT2D eigenvalue weighted by atomic mass is 10.0. The van der Waals surface area contributed by atoms with Crippen LogP contribution in [0.5, 0.6) is 0 Å². The number of carbonyl (C=O) groups is 1.